The van der Waals surface area contributed by atoms with Gasteiger partial charge in [-0.3, -0.25) is 4.90 Å². The molecule has 0 unspecified atom stereocenters. The maximum atomic E-state index is 14.1. The summed E-state index contributed by atoms with van der Waals surface area (Å²) in [4.78, 5) is 2.54. The zero-order chi connectivity index (χ0) is 14.7. The summed E-state index contributed by atoms with van der Waals surface area (Å²) in [6.45, 7) is 4.16. The van der Waals surface area contributed by atoms with Gasteiger partial charge in [0.05, 0.1) is 7.11 Å². The van der Waals surface area contributed by atoms with Crippen LogP contribution in [0.4, 0.5) is 4.39 Å². The van der Waals surface area contributed by atoms with E-state index in [9.17, 15) is 4.39 Å². The van der Waals surface area contributed by atoms with Gasteiger partial charge in [-0.1, -0.05) is 18.9 Å². The lowest BCUT2D eigenvalue weighted by Crippen LogP contribution is -2.46. The van der Waals surface area contributed by atoms with E-state index < -0.39 is 0 Å². The van der Waals surface area contributed by atoms with Gasteiger partial charge in [0.2, 0.25) is 0 Å². The number of benzene rings is 1. The van der Waals surface area contributed by atoms with Gasteiger partial charge in [-0.25, -0.2) is 4.39 Å². The maximum absolute atomic E-state index is 14.1. The third-order valence-electron chi connectivity index (χ3n) is 4.91. The third-order valence-corrected chi connectivity index (χ3v) is 4.91. The standard InChI is InChI=1S/C17H25FN2O.ClH/c1-21-16-7-6-14(12-15(16)18)17(13-4-2-3-5-13)20-10-8-19-9-11-20;/h6-7,12-13,17,19H,2-5,8-11H2,1H3;1H/t17-;/m1./s1. The molecule has 1 saturated heterocycles. The molecule has 0 radical (unpaired) electrons. The molecule has 0 spiro atoms. The van der Waals surface area contributed by atoms with E-state index >= 15 is 0 Å². The fraction of sp³-hybridized carbons (Fsp3) is 0.647. The van der Waals surface area contributed by atoms with Crippen molar-refractivity contribution in [3.05, 3.63) is 29.6 Å². The van der Waals surface area contributed by atoms with Crippen molar-refractivity contribution in [2.75, 3.05) is 33.3 Å². The zero-order valence-corrected chi connectivity index (χ0v) is 14.0. The van der Waals surface area contributed by atoms with Crippen molar-refractivity contribution in [2.24, 2.45) is 5.92 Å². The van der Waals surface area contributed by atoms with Crippen molar-refractivity contribution in [3.8, 4) is 5.75 Å². The van der Waals surface area contributed by atoms with Gasteiger partial charge in [-0.15, -0.1) is 12.4 Å². The van der Waals surface area contributed by atoms with Crippen LogP contribution in [0.1, 0.15) is 37.3 Å². The lowest BCUT2D eigenvalue weighted by molar-refractivity contribution is 0.125. The zero-order valence-electron chi connectivity index (χ0n) is 13.2. The number of hydrogen-bond donors (Lipinski definition) is 1. The van der Waals surface area contributed by atoms with Gasteiger partial charge in [-0.05, 0) is 36.5 Å². The van der Waals surface area contributed by atoms with Gasteiger partial charge in [0.1, 0.15) is 0 Å². The third kappa shape index (κ3) is 3.73. The van der Waals surface area contributed by atoms with Crippen LogP contribution in [0.5, 0.6) is 5.75 Å². The van der Waals surface area contributed by atoms with E-state index in [1.807, 2.05) is 6.07 Å². The number of piperazine rings is 1. The van der Waals surface area contributed by atoms with Gasteiger partial charge >= 0.3 is 0 Å². The second-order valence-corrected chi connectivity index (χ2v) is 6.17. The Kier molecular flexibility index (Phi) is 6.48. The van der Waals surface area contributed by atoms with Crippen molar-refractivity contribution >= 4 is 12.4 Å². The second-order valence-electron chi connectivity index (χ2n) is 6.17. The molecule has 0 bridgehead atoms. The molecule has 5 heteroatoms. The molecule has 1 aliphatic heterocycles. The topological polar surface area (TPSA) is 24.5 Å². The molecule has 1 atom stereocenters. The van der Waals surface area contributed by atoms with E-state index in [0.717, 1.165) is 31.7 Å². The quantitative estimate of drug-likeness (QED) is 0.917. The van der Waals surface area contributed by atoms with Crippen LogP contribution < -0.4 is 10.1 Å². The first-order chi connectivity index (χ1) is 10.3. The van der Waals surface area contributed by atoms with E-state index in [1.165, 1.54) is 32.8 Å². The molecule has 1 N–H and O–H groups in total. The minimum atomic E-state index is -0.242. The van der Waals surface area contributed by atoms with Crippen LogP contribution in [0, 0.1) is 11.7 Å². The summed E-state index contributed by atoms with van der Waals surface area (Å²) >= 11 is 0. The molecule has 1 saturated carbocycles. The highest BCUT2D eigenvalue weighted by molar-refractivity contribution is 5.85. The molecule has 0 aromatic heterocycles. The Morgan fingerprint density at radius 3 is 2.50 bits per heavy atom. The van der Waals surface area contributed by atoms with Crippen LogP contribution in [0.3, 0.4) is 0 Å². The Morgan fingerprint density at radius 1 is 1.23 bits per heavy atom. The lowest BCUT2D eigenvalue weighted by Gasteiger charge is -2.38. The number of methoxy groups -OCH3 is 1. The fourth-order valence-corrected chi connectivity index (χ4v) is 3.88. The predicted octanol–water partition coefficient (Wildman–Crippen LogP) is 3.39. The van der Waals surface area contributed by atoms with Crippen LogP contribution in [-0.2, 0) is 0 Å². The first-order valence-electron chi connectivity index (χ1n) is 8.08. The average Bonchev–Trinajstić information content (AvgIpc) is 3.03. The largest absolute Gasteiger partial charge is 0.494 e. The van der Waals surface area contributed by atoms with E-state index in [4.69, 9.17) is 4.74 Å². The maximum Gasteiger partial charge on any atom is 0.165 e. The van der Waals surface area contributed by atoms with Gasteiger partial charge < -0.3 is 10.1 Å². The van der Waals surface area contributed by atoms with Crippen LogP contribution in [-0.4, -0.2) is 38.2 Å². The number of hydrogen-bond acceptors (Lipinski definition) is 3. The first kappa shape index (κ1) is 17.5. The molecule has 2 aliphatic rings. The minimum Gasteiger partial charge on any atom is -0.494 e. The van der Waals surface area contributed by atoms with Gasteiger partial charge in [0, 0.05) is 32.2 Å². The number of rotatable bonds is 4. The van der Waals surface area contributed by atoms with E-state index in [-0.39, 0.29) is 18.2 Å². The van der Waals surface area contributed by atoms with Crippen molar-refractivity contribution in [2.45, 2.75) is 31.7 Å². The fourth-order valence-electron chi connectivity index (χ4n) is 3.88. The molecule has 3 rings (SSSR count). The highest BCUT2D eigenvalue weighted by Crippen LogP contribution is 2.40. The Bertz CT molecular complexity index is 474. The van der Waals surface area contributed by atoms with E-state index in [2.05, 4.69) is 10.2 Å². The molecule has 1 aliphatic carbocycles. The number of halogens is 2. The Morgan fingerprint density at radius 2 is 1.91 bits per heavy atom. The summed E-state index contributed by atoms with van der Waals surface area (Å²) in [7, 11) is 1.52. The molecule has 3 nitrogen and oxygen atoms in total. The molecule has 22 heavy (non-hydrogen) atoms. The van der Waals surface area contributed by atoms with Crippen LogP contribution >= 0.6 is 12.4 Å². The molecular weight excluding hydrogens is 303 g/mol. The van der Waals surface area contributed by atoms with Gasteiger partial charge in [0.25, 0.3) is 0 Å². The van der Waals surface area contributed by atoms with Crippen molar-refractivity contribution in [1.82, 2.24) is 10.2 Å². The van der Waals surface area contributed by atoms with Crippen LogP contribution in [0.25, 0.3) is 0 Å². The van der Waals surface area contributed by atoms with Gasteiger partial charge in [0.15, 0.2) is 11.6 Å². The minimum absolute atomic E-state index is 0. The van der Waals surface area contributed by atoms with Crippen LogP contribution in [0.2, 0.25) is 0 Å². The Labute approximate surface area is 138 Å². The number of nitrogens with zero attached hydrogens (tertiary/aromatic N) is 1. The van der Waals surface area contributed by atoms with Crippen molar-refractivity contribution in [3.63, 3.8) is 0 Å². The number of ether oxygens (including phenoxy) is 1. The van der Waals surface area contributed by atoms with E-state index in [1.54, 1.807) is 12.1 Å². The summed E-state index contributed by atoms with van der Waals surface area (Å²) in [5.74, 6) is 0.758. The lowest BCUT2D eigenvalue weighted by atomic mass is 9.89. The summed E-state index contributed by atoms with van der Waals surface area (Å²) in [6.07, 6.45) is 5.16. The highest BCUT2D eigenvalue weighted by atomic mass is 35.5. The van der Waals surface area contributed by atoms with Crippen molar-refractivity contribution in [1.29, 1.82) is 0 Å². The predicted molar refractivity (Wildman–Crippen MR) is 89.3 cm³/mol. The Balaban J connectivity index is 0.00000176. The summed E-state index contributed by atoms with van der Waals surface area (Å²) in [5.41, 5.74) is 1.11. The highest BCUT2D eigenvalue weighted by Gasteiger charge is 2.32. The first-order valence-corrected chi connectivity index (χ1v) is 8.08. The molecule has 2 fully saturated rings. The summed E-state index contributed by atoms with van der Waals surface area (Å²) < 4.78 is 19.2. The number of nitrogens with one attached hydrogen (secondary N) is 1. The normalized spacial score (nSPS) is 21.4. The summed E-state index contributed by atoms with van der Waals surface area (Å²) in [6, 6.07) is 5.86. The van der Waals surface area contributed by atoms with E-state index in [0.29, 0.717) is 17.7 Å². The van der Waals surface area contributed by atoms with Crippen molar-refractivity contribution < 1.29 is 9.13 Å². The monoisotopic (exact) mass is 328 g/mol. The SMILES string of the molecule is COc1ccc([C@@H](C2CCCC2)N2CCNCC2)cc1F.Cl. The smallest absolute Gasteiger partial charge is 0.165 e. The van der Waals surface area contributed by atoms with Crippen LogP contribution in [0.15, 0.2) is 18.2 Å². The van der Waals surface area contributed by atoms with Gasteiger partial charge in [-0.2, -0.15) is 0 Å². The molecule has 124 valence electrons. The molecule has 0 amide bonds. The molecule has 1 aromatic rings. The summed E-state index contributed by atoms with van der Waals surface area (Å²) in [5, 5.41) is 3.41. The second kappa shape index (κ2) is 8.14. The molecule has 1 aromatic carbocycles. The Hall–Kier alpha value is -0.840. The average molecular weight is 329 g/mol. The molecular formula is C17H26ClFN2O. The molecule has 1 heterocycles.